The van der Waals surface area contributed by atoms with Gasteiger partial charge in [0.15, 0.2) is 0 Å². The molecule has 4 nitrogen and oxygen atoms in total. The van der Waals surface area contributed by atoms with Crippen molar-refractivity contribution in [2.45, 2.75) is 6.92 Å². The molecule has 3 rings (SSSR count). The van der Waals surface area contributed by atoms with Crippen LogP contribution in [-0.2, 0) is 0 Å². The summed E-state index contributed by atoms with van der Waals surface area (Å²) < 4.78 is 0. The minimum absolute atomic E-state index is 0.419. The van der Waals surface area contributed by atoms with Crippen LogP contribution >= 0.6 is 0 Å². The smallest absolute Gasteiger partial charge is 0.250 e. The fourth-order valence-electron chi connectivity index (χ4n) is 2.65. The van der Waals surface area contributed by atoms with E-state index in [0.29, 0.717) is 5.56 Å². The molecule has 0 bridgehead atoms. The average Bonchev–Trinajstić information content (AvgIpc) is 2.87. The van der Waals surface area contributed by atoms with Crippen molar-refractivity contribution in [1.29, 1.82) is 0 Å². The maximum Gasteiger partial charge on any atom is 0.250 e. The van der Waals surface area contributed by atoms with Gasteiger partial charge in [0.25, 0.3) is 5.91 Å². The molecule has 21 heavy (non-hydrogen) atoms. The largest absolute Gasteiger partial charge is 0.388 e. The molecule has 0 fully saturated rings. The lowest BCUT2D eigenvalue weighted by atomic mass is 9.98. The number of rotatable bonds is 3. The van der Waals surface area contributed by atoms with Gasteiger partial charge < -0.3 is 16.0 Å². The highest BCUT2D eigenvalue weighted by molar-refractivity contribution is 6.09. The number of fused-ring (bicyclic) bond motifs is 1. The van der Waals surface area contributed by atoms with Gasteiger partial charge in [-0.3, -0.25) is 4.79 Å². The molecule has 0 atom stereocenters. The minimum Gasteiger partial charge on any atom is -0.388 e. The Morgan fingerprint density at radius 3 is 2.71 bits per heavy atom. The summed E-state index contributed by atoms with van der Waals surface area (Å²) in [6.07, 6.45) is 0. The molecule has 0 radical (unpaired) electrons. The van der Waals surface area contributed by atoms with Gasteiger partial charge in [-0.1, -0.05) is 18.2 Å². The van der Waals surface area contributed by atoms with Gasteiger partial charge in [-0.2, -0.15) is 0 Å². The molecule has 0 spiro atoms. The number of anilines is 1. The fraction of sp³-hybridized carbons (Fsp3) is 0.118. The molecule has 3 aromatic rings. The molecule has 106 valence electrons. The number of aryl methyl sites for hydroxylation is 1. The Balaban J connectivity index is 2.28. The lowest BCUT2D eigenvalue weighted by molar-refractivity contribution is 0.100. The van der Waals surface area contributed by atoms with Crippen molar-refractivity contribution in [3.8, 4) is 11.1 Å². The Morgan fingerprint density at radius 1 is 1.19 bits per heavy atom. The topological polar surface area (TPSA) is 70.9 Å². The quantitative estimate of drug-likeness (QED) is 0.688. The third kappa shape index (κ3) is 2.25. The number of carbonyl (C=O) groups excluding carboxylic acids is 1. The van der Waals surface area contributed by atoms with E-state index in [1.54, 1.807) is 6.07 Å². The molecule has 1 amide bonds. The van der Waals surface area contributed by atoms with Gasteiger partial charge in [0, 0.05) is 23.8 Å². The number of benzene rings is 2. The summed E-state index contributed by atoms with van der Waals surface area (Å²) in [5.74, 6) is -0.419. The molecule has 0 saturated carbocycles. The van der Waals surface area contributed by atoms with E-state index >= 15 is 0 Å². The minimum atomic E-state index is -0.419. The van der Waals surface area contributed by atoms with Gasteiger partial charge in [0.2, 0.25) is 0 Å². The number of nitrogens with two attached hydrogens (primary N) is 1. The van der Waals surface area contributed by atoms with Gasteiger partial charge in [0.05, 0.1) is 11.1 Å². The van der Waals surface area contributed by atoms with Crippen molar-refractivity contribution < 1.29 is 4.79 Å². The molecule has 0 aliphatic rings. The monoisotopic (exact) mass is 279 g/mol. The second kappa shape index (κ2) is 4.98. The molecular formula is C17H17N3O. The van der Waals surface area contributed by atoms with Crippen LogP contribution in [0, 0.1) is 6.92 Å². The maximum absolute atomic E-state index is 11.6. The molecule has 1 aromatic heterocycles. The van der Waals surface area contributed by atoms with Gasteiger partial charge in [-0.05, 0) is 42.3 Å². The van der Waals surface area contributed by atoms with Crippen molar-refractivity contribution in [2.24, 2.45) is 5.73 Å². The number of primary amides is 1. The van der Waals surface area contributed by atoms with E-state index in [1.165, 1.54) is 0 Å². The zero-order valence-corrected chi connectivity index (χ0v) is 12.0. The average molecular weight is 279 g/mol. The van der Waals surface area contributed by atoms with Gasteiger partial charge in [-0.15, -0.1) is 0 Å². The van der Waals surface area contributed by atoms with Crippen LogP contribution in [0.5, 0.6) is 0 Å². The van der Waals surface area contributed by atoms with Gasteiger partial charge >= 0.3 is 0 Å². The number of carbonyl (C=O) groups is 1. The number of hydrogen-bond acceptors (Lipinski definition) is 2. The Kier molecular flexibility index (Phi) is 3.14. The van der Waals surface area contributed by atoms with Crippen molar-refractivity contribution in [1.82, 2.24) is 4.98 Å². The first-order valence-corrected chi connectivity index (χ1v) is 6.80. The van der Waals surface area contributed by atoms with Crippen LogP contribution in [0.2, 0.25) is 0 Å². The van der Waals surface area contributed by atoms with Gasteiger partial charge in [-0.25, -0.2) is 0 Å². The first kappa shape index (κ1) is 13.2. The number of amides is 1. The second-order valence-corrected chi connectivity index (χ2v) is 5.10. The predicted octanol–water partition coefficient (Wildman–Crippen LogP) is 3.28. The summed E-state index contributed by atoms with van der Waals surface area (Å²) in [6, 6.07) is 13.9. The predicted molar refractivity (Wildman–Crippen MR) is 86.5 cm³/mol. The molecule has 0 unspecified atom stereocenters. The zero-order chi connectivity index (χ0) is 15.0. The first-order valence-electron chi connectivity index (χ1n) is 6.80. The van der Waals surface area contributed by atoms with E-state index in [-0.39, 0.29) is 0 Å². The standard InChI is InChI=1S/C17H17N3O/c1-10-8-15-13(11-4-3-5-12(9-11)19-2)6-7-14(17(18)21)16(15)20-10/h3-9,19-20H,1-2H3,(H2,18,21). The van der Waals surface area contributed by atoms with Crippen molar-refractivity contribution in [2.75, 3.05) is 12.4 Å². The molecule has 0 aliphatic heterocycles. The van der Waals surface area contributed by atoms with Crippen LogP contribution in [0.1, 0.15) is 16.1 Å². The van der Waals surface area contributed by atoms with Crippen LogP contribution < -0.4 is 11.1 Å². The van der Waals surface area contributed by atoms with Crippen LogP contribution in [0.3, 0.4) is 0 Å². The summed E-state index contributed by atoms with van der Waals surface area (Å²) in [6.45, 7) is 1.97. The lowest BCUT2D eigenvalue weighted by Crippen LogP contribution is -2.11. The SMILES string of the molecule is CNc1cccc(-c2ccc(C(N)=O)c3[nH]c(C)cc23)c1. The Bertz CT molecular complexity index is 833. The van der Waals surface area contributed by atoms with E-state index in [9.17, 15) is 4.79 Å². The third-order valence-electron chi connectivity index (χ3n) is 3.66. The first-order chi connectivity index (χ1) is 10.1. The van der Waals surface area contributed by atoms with Crippen LogP contribution in [0.4, 0.5) is 5.69 Å². The Morgan fingerprint density at radius 2 is 2.00 bits per heavy atom. The molecule has 4 heteroatoms. The molecular weight excluding hydrogens is 262 g/mol. The Labute approximate surface area is 123 Å². The van der Waals surface area contributed by atoms with E-state index < -0.39 is 5.91 Å². The highest BCUT2D eigenvalue weighted by Crippen LogP contribution is 2.32. The maximum atomic E-state index is 11.6. The second-order valence-electron chi connectivity index (χ2n) is 5.10. The molecule has 0 saturated heterocycles. The van der Waals surface area contributed by atoms with E-state index in [2.05, 4.69) is 22.4 Å². The molecule has 4 N–H and O–H groups in total. The highest BCUT2D eigenvalue weighted by Gasteiger charge is 2.13. The van der Waals surface area contributed by atoms with E-state index in [0.717, 1.165) is 33.4 Å². The van der Waals surface area contributed by atoms with Gasteiger partial charge in [0.1, 0.15) is 0 Å². The van der Waals surface area contributed by atoms with Crippen molar-refractivity contribution >= 4 is 22.5 Å². The Hall–Kier alpha value is -2.75. The number of hydrogen-bond donors (Lipinski definition) is 3. The number of aromatic amines is 1. The van der Waals surface area contributed by atoms with Crippen molar-refractivity contribution in [3.63, 3.8) is 0 Å². The fourth-order valence-corrected chi connectivity index (χ4v) is 2.65. The number of nitrogens with one attached hydrogen (secondary N) is 2. The lowest BCUT2D eigenvalue weighted by Gasteiger charge is -2.08. The summed E-state index contributed by atoms with van der Waals surface area (Å²) in [5.41, 5.74) is 11.0. The number of aromatic nitrogens is 1. The molecule has 0 aliphatic carbocycles. The summed E-state index contributed by atoms with van der Waals surface area (Å²) >= 11 is 0. The number of H-pyrrole nitrogens is 1. The highest BCUT2D eigenvalue weighted by atomic mass is 16.1. The van der Waals surface area contributed by atoms with Crippen LogP contribution in [0.15, 0.2) is 42.5 Å². The van der Waals surface area contributed by atoms with Crippen molar-refractivity contribution in [3.05, 3.63) is 53.7 Å². The normalized spacial score (nSPS) is 10.8. The summed E-state index contributed by atoms with van der Waals surface area (Å²) in [4.78, 5) is 14.8. The van der Waals surface area contributed by atoms with Crippen LogP contribution in [-0.4, -0.2) is 17.9 Å². The molecule has 1 heterocycles. The summed E-state index contributed by atoms with van der Waals surface area (Å²) in [5, 5.41) is 4.15. The van der Waals surface area contributed by atoms with E-state index in [1.807, 2.05) is 38.2 Å². The summed E-state index contributed by atoms with van der Waals surface area (Å²) in [7, 11) is 1.89. The van der Waals surface area contributed by atoms with E-state index in [4.69, 9.17) is 5.73 Å². The third-order valence-corrected chi connectivity index (χ3v) is 3.66. The molecule has 2 aromatic carbocycles. The zero-order valence-electron chi connectivity index (χ0n) is 12.0. The van der Waals surface area contributed by atoms with Crippen LogP contribution in [0.25, 0.3) is 22.0 Å².